The fraction of sp³-hybridized carbons (Fsp3) is 0.231. The smallest absolute Gasteiger partial charge is 0.276 e. The minimum atomic E-state index is -0.190. The Labute approximate surface area is 191 Å². The predicted molar refractivity (Wildman–Crippen MR) is 125 cm³/mol. The topological polar surface area (TPSA) is 72.5 Å². The molecular weight excluding hydrogens is 416 g/mol. The van der Waals surface area contributed by atoms with E-state index in [1.165, 1.54) is 5.69 Å². The van der Waals surface area contributed by atoms with E-state index >= 15 is 0 Å². The van der Waals surface area contributed by atoms with Gasteiger partial charge in [0.05, 0.1) is 24.0 Å². The molecule has 4 aromatic rings. The largest absolute Gasteiger partial charge is 0.497 e. The van der Waals surface area contributed by atoms with Gasteiger partial charge in [0.25, 0.3) is 5.91 Å². The molecule has 0 saturated carbocycles. The zero-order valence-electron chi connectivity index (χ0n) is 18.3. The highest BCUT2D eigenvalue weighted by Crippen LogP contribution is 2.43. The molecular formula is C26H24N4O3. The van der Waals surface area contributed by atoms with Crippen LogP contribution in [0.3, 0.4) is 0 Å². The van der Waals surface area contributed by atoms with Crippen molar-refractivity contribution in [1.82, 2.24) is 14.6 Å². The summed E-state index contributed by atoms with van der Waals surface area (Å²) in [5.41, 5.74) is 4.49. The molecule has 0 bridgehead atoms. The van der Waals surface area contributed by atoms with Crippen molar-refractivity contribution in [2.45, 2.75) is 18.4 Å². The second kappa shape index (κ2) is 7.55. The van der Waals surface area contributed by atoms with Gasteiger partial charge in [-0.2, -0.15) is 0 Å². The molecule has 1 saturated heterocycles. The van der Waals surface area contributed by atoms with E-state index < -0.39 is 0 Å². The Balaban J connectivity index is 1.21. The number of piperidine rings is 1. The summed E-state index contributed by atoms with van der Waals surface area (Å²) < 4.78 is 13.0. The number of aromatic nitrogens is 2. The lowest BCUT2D eigenvalue weighted by Gasteiger charge is -2.46. The Hall–Kier alpha value is -4.00. The van der Waals surface area contributed by atoms with Crippen LogP contribution in [0.5, 0.6) is 5.75 Å². The lowest BCUT2D eigenvalue weighted by molar-refractivity contribution is 0.0666. The first-order valence-electron chi connectivity index (χ1n) is 11.1. The molecule has 1 N–H and O–H groups in total. The molecule has 1 fully saturated rings. The van der Waals surface area contributed by atoms with Crippen LogP contribution in [0.2, 0.25) is 0 Å². The zero-order chi connectivity index (χ0) is 22.4. The summed E-state index contributed by atoms with van der Waals surface area (Å²) >= 11 is 0. The van der Waals surface area contributed by atoms with Crippen LogP contribution in [0, 0.1) is 0 Å². The van der Waals surface area contributed by atoms with Gasteiger partial charge in [0.2, 0.25) is 0 Å². The third kappa shape index (κ3) is 3.19. The van der Waals surface area contributed by atoms with Gasteiger partial charge >= 0.3 is 0 Å². The molecule has 6 rings (SSSR count). The molecule has 1 amide bonds. The van der Waals surface area contributed by atoms with E-state index in [0.29, 0.717) is 24.5 Å². The van der Waals surface area contributed by atoms with Gasteiger partial charge in [-0.05, 0) is 49.2 Å². The number of hydrogen-bond donors (Lipinski definition) is 1. The first-order valence-corrected chi connectivity index (χ1v) is 11.1. The summed E-state index contributed by atoms with van der Waals surface area (Å²) in [6.45, 7) is 1.28. The normalized spacial score (nSPS) is 16.1. The number of hydrogen-bond acceptors (Lipinski definition) is 5. The van der Waals surface area contributed by atoms with Crippen LogP contribution in [0.1, 0.15) is 29.0 Å². The van der Waals surface area contributed by atoms with E-state index in [1.807, 2.05) is 29.2 Å². The molecule has 2 aromatic carbocycles. The fourth-order valence-corrected chi connectivity index (χ4v) is 5.02. The second-order valence-electron chi connectivity index (χ2n) is 8.59. The Kier molecular flexibility index (Phi) is 4.50. The number of benzene rings is 2. The fourth-order valence-electron chi connectivity index (χ4n) is 5.02. The molecule has 2 aliphatic rings. The summed E-state index contributed by atoms with van der Waals surface area (Å²) in [6.07, 6.45) is 3.75. The number of carbonyl (C=O) groups excluding carboxylic acids is 1. The Morgan fingerprint density at radius 2 is 1.91 bits per heavy atom. The monoisotopic (exact) mass is 440 g/mol. The first-order chi connectivity index (χ1) is 16.2. The average molecular weight is 441 g/mol. The highest BCUT2D eigenvalue weighted by molar-refractivity contribution is 5.93. The van der Waals surface area contributed by atoms with Crippen molar-refractivity contribution in [2.24, 2.45) is 0 Å². The highest BCUT2D eigenvalue weighted by atomic mass is 16.5. The summed E-state index contributed by atoms with van der Waals surface area (Å²) in [6, 6.07) is 21.9. The number of carbonyl (C=O) groups is 1. The third-order valence-corrected chi connectivity index (χ3v) is 6.76. The van der Waals surface area contributed by atoms with Gasteiger partial charge in [0.1, 0.15) is 5.75 Å². The molecule has 7 nitrogen and oxygen atoms in total. The molecule has 4 heterocycles. The molecule has 0 radical (unpaired) electrons. The summed E-state index contributed by atoms with van der Waals surface area (Å²) in [5.74, 6) is 1.17. The molecule has 166 valence electrons. The van der Waals surface area contributed by atoms with Crippen molar-refractivity contribution in [1.29, 1.82) is 0 Å². The van der Waals surface area contributed by atoms with Gasteiger partial charge in [-0.25, -0.2) is 0 Å². The molecule has 33 heavy (non-hydrogen) atoms. The molecule has 2 aromatic heterocycles. The van der Waals surface area contributed by atoms with Gasteiger partial charge in [0, 0.05) is 36.6 Å². The van der Waals surface area contributed by atoms with Crippen LogP contribution in [0.4, 0.5) is 5.69 Å². The zero-order valence-corrected chi connectivity index (χ0v) is 18.3. The van der Waals surface area contributed by atoms with Crippen LogP contribution >= 0.6 is 0 Å². The maximum atomic E-state index is 13.2. The van der Waals surface area contributed by atoms with E-state index in [9.17, 15) is 4.79 Å². The van der Waals surface area contributed by atoms with Crippen LogP contribution in [-0.4, -0.2) is 40.7 Å². The number of methoxy groups -OCH3 is 1. The SMILES string of the molecule is COc1cccc(-c2cc(C(=O)N3CCC4(CC3)Nc3ccccc3-n3cccc34)no2)c1. The van der Waals surface area contributed by atoms with Crippen molar-refractivity contribution in [3.63, 3.8) is 0 Å². The maximum absolute atomic E-state index is 13.2. The summed E-state index contributed by atoms with van der Waals surface area (Å²) in [7, 11) is 1.62. The van der Waals surface area contributed by atoms with Gasteiger partial charge < -0.3 is 24.0 Å². The minimum Gasteiger partial charge on any atom is -0.497 e. The van der Waals surface area contributed by atoms with E-state index in [4.69, 9.17) is 9.26 Å². The quantitative estimate of drug-likeness (QED) is 0.500. The van der Waals surface area contributed by atoms with Crippen molar-refractivity contribution in [3.05, 3.63) is 84.3 Å². The van der Waals surface area contributed by atoms with E-state index in [0.717, 1.165) is 35.5 Å². The van der Waals surface area contributed by atoms with E-state index in [-0.39, 0.29) is 11.4 Å². The maximum Gasteiger partial charge on any atom is 0.276 e. The number of fused-ring (bicyclic) bond motifs is 4. The Morgan fingerprint density at radius 3 is 2.76 bits per heavy atom. The number of ether oxygens (including phenoxy) is 1. The molecule has 0 atom stereocenters. The number of anilines is 1. The lowest BCUT2D eigenvalue weighted by atomic mass is 9.82. The van der Waals surface area contributed by atoms with Crippen molar-refractivity contribution >= 4 is 11.6 Å². The molecule has 2 aliphatic heterocycles. The van der Waals surface area contributed by atoms with Gasteiger partial charge in [-0.15, -0.1) is 0 Å². The van der Waals surface area contributed by atoms with Crippen LogP contribution in [-0.2, 0) is 5.54 Å². The Morgan fingerprint density at radius 1 is 1.06 bits per heavy atom. The van der Waals surface area contributed by atoms with E-state index in [2.05, 4.69) is 57.6 Å². The summed E-state index contributed by atoms with van der Waals surface area (Å²) in [4.78, 5) is 15.1. The minimum absolute atomic E-state index is 0.102. The van der Waals surface area contributed by atoms with Gasteiger partial charge in [0.15, 0.2) is 11.5 Å². The third-order valence-electron chi connectivity index (χ3n) is 6.76. The van der Waals surface area contributed by atoms with Crippen molar-refractivity contribution < 1.29 is 14.1 Å². The number of nitrogens with one attached hydrogen (secondary N) is 1. The molecule has 7 heteroatoms. The number of para-hydroxylation sites is 2. The standard InChI is InChI=1S/C26H24N4O3/c1-32-19-7-4-6-18(16-19)23-17-21(28-33-23)25(31)29-14-11-26(12-15-29)24-10-5-13-30(24)22-9-3-2-8-20(22)27-26/h2-10,13,16-17,27H,11-12,14-15H2,1H3. The van der Waals surface area contributed by atoms with Crippen molar-refractivity contribution in [3.8, 4) is 22.8 Å². The predicted octanol–water partition coefficient (Wildman–Crippen LogP) is 4.70. The number of likely N-dealkylation sites (tertiary alicyclic amines) is 1. The van der Waals surface area contributed by atoms with Gasteiger partial charge in [-0.1, -0.05) is 29.4 Å². The number of rotatable bonds is 3. The summed E-state index contributed by atoms with van der Waals surface area (Å²) in [5, 5.41) is 7.84. The average Bonchev–Trinajstić information content (AvgIpc) is 3.55. The van der Waals surface area contributed by atoms with Crippen LogP contribution < -0.4 is 10.1 Å². The molecule has 1 spiro atoms. The van der Waals surface area contributed by atoms with Crippen LogP contribution in [0.15, 0.2) is 77.4 Å². The molecule has 0 unspecified atom stereocenters. The second-order valence-corrected chi connectivity index (χ2v) is 8.59. The number of amides is 1. The Bertz CT molecular complexity index is 1330. The van der Waals surface area contributed by atoms with Crippen LogP contribution in [0.25, 0.3) is 17.0 Å². The molecule has 0 aliphatic carbocycles. The number of nitrogens with zero attached hydrogens (tertiary/aromatic N) is 3. The van der Waals surface area contributed by atoms with Crippen molar-refractivity contribution in [2.75, 3.05) is 25.5 Å². The lowest BCUT2D eigenvalue weighted by Crippen LogP contribution is -2.51. The highest BCUT2D eigenvalue weighted by Gasteiger charge is 2.42. The first kappa shape index (κ1) is 19.7. The van der Waals surface area contributed by atoms with E-state index in [1.54, 1.807) is 13.2 Å². The van der Waals surface area contributed by atoms with Gasteiger partial charge in [-0.3, -0.25) is 4.79 Å².